The third-order valence-electron chi connectivity index (χ3n) is 1.66. The van der Waals surface area contributed by atoms with Gasteiger partial charge in [-0.15, -0.1) is 11.3 Å². The second kappa shape index (κ2) is 2.60. The maximum absolute atomic E-state index is 5.54. The second-order valence-electron chi connectivity index (χ2n) is 2.32. The average molecular weight is 164 g/mol. The molecule has 2 aromatic rings. The Morgan fingerprint density at radius 2 is 2.36 bits per heavy atom. The maximum atomic E-state index is 5.54. The summed E-state index contributed by atoms with van der Waals surface area (Å²) in [5.74, 6) is 0. The molecule has 0 amide bonds. The van der Waals surface area contributed by atoms with Gasteiger partial charge in [0, 0.05) is 6.54 Å². The standard InChI is InChI=1S/C8H8N2S/c9-4-6-2-1-3-7-8(6)10-5-11-7/h1-3,5H,4,9H2. The lowest BCUT2D eigenvalue weighted by Crippen LogP contribution is -1.96. The predicted molar refractivity (Wildman–Crippen MR) is 47.5 cm³/mol. The molecule has 11 heavy (non-hydrogen) atoms. The van der Waals surface area contributed by atoms with Crippen molar-refractivity contribution in [3.05, 3.63) is 29.3 Å². The van der Waals surface area contributed by atoms with Crippen LogP contribution in [0, 0.1) is 0 Å². The zero-order valence-corrected chi connectivity index (χ0v) is 6.77. The molecular formula is C8H8N2S. The zero-order chi connectivity index (χ0) is 7.68. The molecule has 0 unspecified atom stereocenters. The Morgan fingerprint density at radius 3 is 3.18 bits per heavy atom. The molecule has 2 nitrogen and oxygen atoms in total. The molecule has 0 atom stereocenters. The first kappa shape index (κ1) is 6.76. The fraction of sp³-hybridized carbons (Fsp3) is 0.125. The lowest BCUT2D eigenvalue weighted by atomic mass is 10.2. The van der Waals surface area contributed by atoms with Crippen LogP contribution in [0.5, 0.6) is 0 Å². The molecule has 0 saturated heterocycles. The van der Waals surface area contributed by atoms with Crippen LogP contribution in [0.4, 0.5) is 0 Å². The minimum Gasteiger partial charge on any atom is -0.326 e. The number of para-hydroxylation sites is 1. The van der Waals surface area contributed by atoms with Crippen LogP contribution in [0.15, 0.2) is 23.7 Å². The molecule has 0 saturated carbocycles. The minimum atomic E-state index is 0.571. The summed E-state index contributed by atoms with van der Waals surface area (Å²) in [4.78, 5) is 4.23. The van der Waals surface area contributed by atoms with Crippen molar-refractivity contribution < 1.29 is 0 Å². The summed E-state index contributed by atoms with van der Waals surface area (Å²) >= 11 is 1.65. The van der Waals surface area contributed by atoms with Gasteiger partial charge in [0.1, 0.15) is 0 Å². The molecule has 1 aromatic heterocycles. The summed E-state index contributed by atoms with van der Waals surface area (Å²) in [6.45, 7) is 0.571. The third-order valence-corrected chi connectivity index (χ3v) is 2.46. The molecule has 0 fully saturated rings. The van der Waals surface area contributed by atoms with Crippen LogP contribution in [0.2, 0.25) is 0 Å². The van der Waals surface area contributed by atoms with Gasteiger partial charge in [-0.2, -0.15) is 0 Å². The van der Waals surface area contributed by atoms with Crippen LogP contribution >= 0.6 is 11.3 Å². The predicted octanol–water partition coefficient (Wildman–Crippen LogP) is 1.75. The summed E-state index contributed by atoms with van der Waals surface area (Å²) in [5.41, 5.74) is 9.57. The number of nitrogens with two attached hydrogens (primary N) is 1. The number of fused-ring (bicyclic) bond motifs is 1. The van der Waals surface area contributed by atoms with Crippen LogP contribution < -0.4 is 5.73 Å². The SMILES string of the molecule is NCc1cccc2scnc12. The number of rotatable bonds is 1. The van der Waals surface area contributed by atoms with Crippen molar-refractivity contribution >= 4 is 21.6 Å². The van der Waals surface area contributed by atoms with Gasteiger partial charge in [0.25, 0.3) is 0 Å². The number of thiazole rings is 1. The van der Waals surface area contributed by atoms with E-state index in [9.17, 15) is 0 Å². The van der Waals surface area contributed by atoms with Gasteiger partial charge in [-0.05, 0) is 11.6 Å². The second-order valence-corrected chi connectivity index (χ2v) is 3.21. The number of benzene rings is 1. The molecule has 0 aliphatic carbocycles. The van der Waals surface area contributed by atoms with Gasteiger partial charge in [-0.1, -0.05) is 12.1 Å². The Kier molecular flexibility index (Phi) is 1.60. The normalized spacial score (nSPS) is 10.6. The lowest BCUT2D eigenvalue weighted by molar-refractivity contribution is 1.08. The van der Waals surface area contributed by atoms with Crippen molar-refractivity contribution in [2.24, 2.45) is 5.73 Å². The molecule has 0 radical (unpaired) electrons. The highest BCUT2D eigenvalue weighted by Gasteiger charge is 1.99. The average Bonchev–Trinajstić information content (AvgIpc) is 2.50. The fourth-order valence-electron chi connectivity index (χ4n) is 1.11. The molecular weight excluding hydrogens is 156 g/mol. The van der Waals surface area contributed by atoms with E-state index in [4.69, 9.17) is 5.73 Å². The van der Waals surface area contributed by atoms with E-state index in [1.165, 1.54) is 4.70 Å². The zero-order valence-electron chi connectivity index (χ0n) is 5.95. The Labute approximate surface area is 68.7 Å². The van der Waals surface area contributed by atoms with Gasteiger partial charge < -0.3 is 5.73 Å². The molecule has 2 rings (SSSR count). The van der Waals surface area contributed by atoms with Crippen molar-refractivity contribution in [1.82, 2.24) is 4.98 Å². The summed E-state index contributed by atoms with van der Waals surface area (Å²) in [6, 6.07) is 6.09. The largest absolute Gasteiger partial charge is 0.326 e. The third kappa shape index (κ3) is 1.02. The molecule has 1 aromatic carbocycles. The van der Waals surface area contributed by atoms with E-state index in [2.05, 4.69) is 11.1 Å². The first-order valence-corrected chi connectivity index (χ1v) is 4.31. The van der Waals surface area contributed by atoms with Crippen LogP contribution in [0.1, 0.15) is 5.56 Å². The van der Waals surface area contributed by atoms with Crippen molar-refractivity contribution in [2.45, 2.75) is 6.54 Å². The molecule has 2 N–H and O–H groups in total. The summed E-state index contributed by atoms with van der Waals surface area (Å²) in [7, 11) is 0. The Bertz CT molecular complexity index is 367. The van der Waals surface area contributed by atoms with Crippen molar-refractivity contribution in [3.63, 3.8) is 0 Å². The Morgan fingerprint density at radius 1 is 1.45 bits per heavy atom. The van der Waals surface area contributed by atoms with E-state index in [-0.39, 0.29) is 0 Å². The highest BCUT2D eigenvalue weighted by Crippen LogP contribution is 2.20. The molecule has 3 heteroatoms. The lowest BCUT2D eigenvalue weighted by Gasteiger charge is -1.95. The Balaban J connectivity index is 2.79. The number of aromatic nitrogens is 1. The van der Waals surface area contributed by atoms with Gasteiger partial charge in [0.15, 0.2) is 0 Å². The minimum absolute atomic E-state index is 0.571. The summed E-state index contributed by atoms with van der Waals surface area (Å²) < 4.78 is 1.22. The first-order chi connectivity index (χ1) is 5.42. The highest BCUT2D eigenvalue weighted by molar-refractivity contribution is 7.16. The first-order valence-electron chi connectivity index (χ1n) is 3.43. The van der Waals surface area contributed by atoms with Gasteiger partial charge in [-0.25, -0.2) is 4.98 Å². The van der Waals surface area contributed by atoms with Crippen molar-refractivity contribution in [2.75, 3.05) is 0 Å². The van der Waals surface area contributed by atoms with Crippen molar-refractivity contribution in [1.29, 1.82) is 0 Å². The smallest absolute Gasteiger partial charge is 0.0856 e. The van der Waals surface area contributed by atoms with Gasteiger partial charge in [0.2, 0.25) is 0 Å². The number of hydrogen-bond acceptors (Lipinski definition) is 3. The van der Waals surface area contributed by atoms with Gasteiger partial charge in [0.05, 0.1) is 15.7 Å². The summed E-state index contributed by atoms with van der Waals surface area (Å²) in [6.07, 6.45) is 0. The van der Waals surface area contributed by atoms with E-state index < -0.39 is 0 Å². The van der Waals surface area contributed by atoms with Crippen molar-refractivity contribution in [3.8, 4) is 0 Å². The molecule has 0 aliphatic heterocycles. The maximum Gasteiger partial charge on any atom is 0.0856 e. The van der Waals surface area contributed by atoms with E-state index >= 15 is 0 Å². The Hall–Kier alpha value is -0.930. The van der Waals surface area contributed by atoms with E-state index in [0.717, 1.165) is 11.1 Å². The highest BCUT2D eigenvalue weighted by atomic mass is 32.1. The van der Waals surface area contributed by atoms with Crippen LogP contribution in [0.25, 0.3) is 10.2 Å². The molecule has 0 spiro atoms. The van der Waals surface area contributed by atoms with Crippen LogP contribution in [0.3, 0.4) is 0 Å². The van der Waals surface area contributed by atoms with Gasteiger partial charge in [-0.3, -0.25) is 0 Å². The molecule has 1 heterocycles. The molecule has 0 bridgehead atoms. The topological polar surface area (TPSA) is 38.9 Å². The molecule has 0 aliphatic rings. The summed E-state index contributed by atoms with van der Waals surface area (Å²) in [5, 5.41) is 0. The van der Waals surface area contributed by atoms with Crippen LogP contribution in [-0.2, 0) is 6.54 Å². The van der Waals surface area contributed by atoms with E-state index in [1.807, 2.05) is 17.6 Å². The van der Waals surface area contributed by atoms with E-state index in [0.29, 0.717) is 6.54 Å². The number of nitrogens with zero attached hydrogens (tertiary/aromatic N) is 1. The van der Waals surface area contributed by atoms with Gasteiger partial charge >= 0.3 is 0 Å². The van der Waals surface area contributed by atoms with E-state index in [1.54, 1.807) is 11.3 Å². The number of hydrogen-bond donors (Lipinski definition) is 1. The quantitative estimate of drug-likeness (QED) is 0.697. The van der Waals surface area contributed by atoms with Crippen LogP contribution in [-0.4, -0.2) is 4.98 Å². The molecule has 56 valence electrons. The monoisotopic (exact) mass is 164 g/mol. The fourth-order valence-corrected chi connectivity index (χ4v) is 1.83.